The van der Waals surface area contributed by atoms with Gasteiger partial charge in [0.05, 0.1) is 23.7 Å². The maximum absolute atomic E-state index is 12.1. The number of halogens is 1. The molecule has 5 nitrogen and oxygen atoms in total. The average molecular weight is 285 g/mol. The minimum Gasteiger partial charge on any atom is -0.353 e. The van der Waals surface area contributed by atoms with E-state index < -0.39 is 0 Å². The largest absolute Gasteiger partial charge is 0.353 e. The second-order valence-electron chi connectivity index (χ2n) is 5.37. The van der Waals surface area contributed by atoms with Crippen molar-refractivity contribution >= 4 is 17.5 Å². The van der Waals surface area contributed by atoms with Crippen LogP contribution in [0.15, 0.2) is 12.4 Å². The maximum atomic E-state index is 12.1. The van der Waals surface area contributed by atoms with Gasteiger partial charge in [0.15, 0.2) is 0 Å². The van der Waals surface area contributed by atoms with Gasteiger partial charge in [0, 0.05) is 12.2 Å². The van der Waals surface area contributed by atoms with Gasteiger partial charge in [-0.1, -0.05) is 18.5 Å². The molecule has 1 aromatic heterocycles. The topological polar surface area (TPSA) is 50.2 Å². The van der Waals surface area contributed by atoms with E-state index in [2.05, 4.69) is 22.4 Å². The van der Waals surface area contributed by atoms with Crippen molar-refractivity contribution in [2.45, 2.75) is 32.4 Å². The van der Waals surface area contributed by atoms with E-state index >= 15 is 0 Å². The van der Waals surface area contributed by atoms with Crippen LogP contribution in [0.25, 0.3) is 0 Å². The number of likely N-dealkylation sites (tertiary alicyclic amines) is 1. The molecule has 0 saturated carbocycles. The van der Waals surface area contributed by atoms with E-state index in [1.165, 1.54) is 0 Å². The van der Waals surface area contributed by atoms with Crippen molar-refractivity contribution in [3.05, 3.63) is 17.4 Å². The summed E-state index contributed by atoms with van der Waals surface area (Å²) in [5.41, 5.74) is 0. The van der Waals surface area contributed by atoms with Crippen molar-refractivity contribution in [2.24, 2.45) is 5.92 Å². The number of aromatic nitrogens is 2. The number of amides is 1. The van der Waals surface area contributed by atoms with Gasteiger partial charge in [0.25, 0.3) is 0 Å². The Morgan fingerprint density at radius 3 is 2.84 bits per heavy atom. The van der Waals surface area contributed by atoms with Crippen LogP contribution in [0.1, 0.15) is 19.8 Å². The molecule has 1 aliphatic heterocycles. The summed E-state index contributed by atoms with van der Waals surface area (Å²) in [5, 5.41) is 7.82. The Labute approximate surface area is 118 Å². The van der Waals surface area contributed by atoms with Crippen molar-refractivity contribution in [3.8, 4) is 0 Å². The first-order chi connectivity index (χ1) is 9.04. The maximum Gasteiger partial charge on any atom is 0.224 e. The first-order valence-electron chi connectivity index (χ1n) is 6.71. The molecule has 0 unspecified atom stereocenters. The minimum absolute atomic E-state index is 0.0983. The molecule has 0 radical (unpaired) electrons. The predicted molar refractivity (Wildman–Crippen MR) is 75.1 cm³/mol. The smallest absolute Gasteiger partial charge is 0.224 e. The van der Waals surface area contributed by atoms with Gasteiger partial charge < -0.3 is 10.2 Å². The Bertz CT molecular complexity index is 426. The SMILES string of the molecule is C[C@H](Cn1cc(Cl)cn1)C(=O)NC1CCN(C)CC1. The molecular formula is C13H21ClN4O. The summed E-state index contributed by atoms with van der Waals surface area (Å²) in [6.07, 6.45) is 5.38. The lowest BCUT2D eigenvalue weighted by atomic mass is 10.0. The van der Waals surface area contributed by atoms with E-state index in [1.807, 2.05) is 6.92 Å². The summed E-state index contributed by atoms with van der Waals surface area (Å²) >= 11 is 5.80. The molecule has 6 heteroatoms. The van der Waals surface area contributed by atoms with Crippen LogP contribution < -0.4 is 5.32 Å². The highest BCUT2D eigenvalue weighted by Gasteiger charge is 2.21. The van der Waals surface area contributed by atoms with Crippen LogP contribution in [0.3, 0.4) is 0 Å². The Balaban J connectivity index is 1.79. The van der Waals surface area contributed by atoms with E-state index in [0.29, 0.717) is 17.6 Å². The molecule has 1 aromatic rings. The van der Waals surface area contributed by atoms with Crippen LogP contribution in [0.4, 0.5) is 0 Å². The van der Waals surface area contributed by atoms with Gasteiger partial charge >= 0.3 is 0 Å². The third-order valence-electron chi connectivity index (χ3n) is 3.58. The van der Waals surface area contributed by atoms with E-state index in [4.69, 9.17) is 11.6 Å². The van der Waals surface area contributed by atoms with E-state index in [0.717, 1.165) is 25.9 Å². The Morgan fingerprint density at radius 1 is 1.58 bits per heavy atom. The molecule has 0 aromatic carbocycles. The Morgan fingerprint density at radius 2 is 2.26 bits per heavy atom. The van der Waals surface area contributed by atoms with Crippen LogP contribution in [0.2, 0.25) is 5.02 Å². The second kappa shape index (κ2) is 6.39. The lowest BCUT2D eigenvalue weighted by Crippen LogP contribution is -2.45. The molecule has 2 heterocycles. The molecule has 0 bridgehead atoms. The van der Waals surface area contributed by atoms with Crippen molar-refractivity contribution in [1.29, 1.82) is 0 Å². The number of nitrogens with zero attached hydrogens (tertiary/aromatic N) is 3. The highest BCUT2D eigenvalue weighted by Crippen LogP contribution is 2.11. The highest BCUT2D eigenvalue weighted by atomic mass is 35.5. The van der Waals surface area contributed by atoms with Crippen LogP contribution in [0, 0.1) is 5.92 Å². The summed E-state index contributed by atoms with van der Waals surface area (Å²) < 4.78 is 1.71. The fraction of sp³-hybridized carbons (Fsp3) is 0.692. The van der Waals surface area contributed by atoms with E-state index in [1.54, 1.807) is 17.1 Å². The Kier molecular flexibility index (Phi) is 4.82. The van der Waals surface area contributed by atoms with Crippen molar-refractivity contribution in [1.82, 2.24) is 20.0 Å². The molecule has 0 spiro atoms. The normalized spacial score (nSPS) is 19.3. The summed E-state index contributed by atoms with van der Waals surface area (Å²) in [6.45, 7) is 4.58. The molecule has 1 saturated heterocycles. The van der Waals surface area contributed by atoms with Crippen molar-refractivity contribution in [3.63, 3.8) is 0 Å². The zero-order valence-corrected chi connectivity index (χ0v) is 12.2. The van der Waals surface area contributed by atoms with Gasteiger partial charge in [0.2, 0.25) is 5.91 Å². The number of nitrogens with one attached hydrogen (secondary N) is 1. The summed E-state index contributed by atoms with van der Waals surface area (Å²) in [6, 6.07) is 0.312. The number of piperidine rings is 1. The molecule has 0 aliphatic carbocycles. The predicted octanol–water partition coefficient (Wildman–Crippen LogP) is 1.38. The van der Waals surface area contributed by atoms with Gasteiger partial charge in [0.1, 0.15) is 0 Å². The summed E-state index contributed by atoms with van der Waals surface area (Å²) in [4.78, 5) is 14.4. The van der Waals surface area contributed by atoms with Gasteiger partial charge in [-0.25, -0.2) is 0 Å². The standard InChI is InChI=1S/C13H21ClN4O/c1-10(8-18-9-11(14)7-15-18)13(19)16-12-3-5-17(2)6-4-12/h7,9-10,12H,3-6,8H2,1-2H3,(H,16,19)/t10-/m1/s1. The van der Waals surface area contributed by atoms with E-state index in [-0.39, 0.29) is 11.8 Å². The summed E-state index contributed by atoms with van der Waals surface area (Å²) in [5.74, 6) is -0.00296. The average Bonchev–Trinajstić information content (AvgIpc) is 2.77. The fourth-order valence-corrected chi connectivity index (χ4v) is 2.45. The first kappa shape index (κ1) is 14.3. The third-order valence-corrected chi connectivity index (χ3v) is 3.77. The lowest BCUT2D eigenvalue weighted by Gasteiger charge is -2.30. The van der Waals surface area contributed by atoms with Gasteiger partial charge in [-0.2, -0.15) is 5.10 Å². The first-order valence-corrected chi connectivity index (χ1v) is 7.09. The lowest BCUT2D eigenvalue weighted by molar-refractivity contribution is -0.126. The quantitative estimate of drug-likeness (QED) is 0.909. The number of carbonyl (C=O) groups is 1. The van der Waals surface area contributed by atoms with Crippen LogP contribution in [0.5, 0.6) is 0 Å². The highest BCUT2D eigenvalue weighted by molar-refractivity contribution is 6.30. The van der Waals surface area contributed by atoms with Gasteiger partial charge in [-0.05, 0) is 33.0 Å². The molecule has 1 aliphatic rings. The third kappa shape index (κ3) is 4.21. The second-order valence-corrected chi connectivity index (χ2v) is 5.80. The molecule has 1 atom stereocenters. The monoisotopic (exact) mass is 284 g/mol. The number of hydrogen-bond donors (Lipinski definition) is 1. The fourth-order valence-electron chi connectivity index (χ4n) is 2.30. The van der Waals surface area contributed by atoms with Crippen LogP contribution in [-0.2, 0) is 11.3 Å². The van der Waals surface area contributed by atoms with Crippen LogP contribution >= 0.6 is 11.6 Å². The van der Waals surface area contributed by atoms with Crippen molar-refractivity contribution in [2.75, 3.05) is 20.1 Å². The molecule has 106 valence electrons. The molecule has 2 rings (SSSR count). The van der Waals surface area contributed by atoms with E-state index in [9.17, 15) is 4.79 Å². The number of rotatable bonds is 4. The molecular weight excluding hydrogens is 264 g/mol. The van der Waals surface area contributed by atoms with Gasteiger partial charge in [-0.15, -0.1) is 0 Å². The summed E-state index contributed by atoms with van der Waals surface area (Å²) in [7, 11) is 2.11. The number of hydrogen-bond acceptors (Lipinski definition) is 3. The minimum atomic E-state index is -0.101. The van der Waals surface area contributed by atoms with Crippen LogP contribution in [-0.4, -0.2) is 46.8 Å². The zero-order valence-electron chi connectivity index (χ0n) is 11.5. The van der Waals surface area contributed by atoms with Crippen molar-refractivity contribution < 1.29 is 4.79 Å². The molecule has 1 N–H and O–H groups in total. The molecule has 19 heavy (non-hydrogen) atoms. The molecule has 1 amide bonds. The molecule has 1 fully saturated rings. The van der Waals surface area contributed by atoms with Gasteiger partial charge in [-0.3, -0.25) is 9.48 Å². The Hall–Kier alpha value is -1.07. The number of carbonyl (C=O) groups excluding carboxylic acids is 1. The zero-order chi connectivity index (χ0) is 13.8.